The van der Waals surface area contributed by atoms with Gasteiger partial charge in [-0.15, -0.1) is 0 Å². The number of methoxy groups -OCH3 is 1. The molecule has 4 rings (SSSR count). The predicted octanol–water partition coefficient (Wildman–Crippen LogP) is 2.61. The Balaban J connectivity index is 1.53. The summed E-state index contributed by atoms with van der Waals surface area (Å²) in [6.45, 7) is 3.82. The number of imidazole rings is 1. The van der Waals surface area contributed by atoms with Crippen molar-refractivity contribution in [3.05, 3.63) is 53.6 Å². The van der Waals surface area contributed by atoms with E-state index in [9.17, 15) is 4.79 Å². The van der Waals surface area contributed by atoms with Gasteiger partial charge >= 0.3 is 0 Å². The monoisotopic (exact) mass is 354 g/mol. The third-order valence-corrected chi connectivity index (χ3v) is 5.47. The molecule has 2 aromatic rings. The highest BCUT2D eigenvalue weighted by Gasteiger charge is 2.38. The molecule has 2 atom stereocenters. The molecule has 1 unspecified atom stereocenters. The van der Waals surface area contributed by atoms with Crippen LogP contribution in [0.2, 0.25) is 0 Å². The van der Waals surface area contributed by atoms with Gasteiger partial charge in [0.25, 0.3) is 5.91 Å². The summed E-state index contributed by atoms with van der Waals surface area (Å²) in [7, 11) is 1.70. The van der Waals surface area contributed by atoms with Gasteiger partial charge in [0.1, 0.15) is 5.82 Å². The average Bonchev–Trinajstić information content (AvgIpc) is 3.41. The molecule has 1 aromatic heterocycles. The number of H-pyrrole nitrogens is 1. The molecule has 2 aliphatic heterocycles. The first-order valence-corrected chi connectivity index (χ1v) is 9.39. The topological polar surface area (TPSA) is 61.5 Å². The van der Waals surface area contributed by atoms with Crippen LogP contribution < -0.4 is 0 Å². The van der Waals surface area contributed by atoms with Gasteiger partial charge in [-0.25, -0.2) is 4.98 Å². The smallest absolute Gasteiger partial charge is 0.254 e. The summed E-state index contributed by atoms with van der Waals surface area (Å²) in [6, 6.07) is 7.99. The van der Waals surface area contributed by atoms with E-state index in [0.717, 1.165) is 37.4 Å². The molecule has 0 bridgehead atoms. The van der Waals surface area contributed by atoms with E-state index in [1.807, 2.05) is 23.1 Å². The summed E-state index contributed by atoms with van der Waals surface area (Å²) in [5.41, 5.74) is 1.95. The summed E-state index contributed by atoms with van der Waals surface area (Å²) < 4.78 is 5.53. The summed E-state index contributed by atoms with van der Waals surface area (Å²) in [5.74, 6) is 0.875. The van der Waals surface area contributed by atoms with Gasteiger partial charge in [-0.3, -0.25) is 9.69 Å². The molecule has 6 heteroatoms. The Morgan fingerprint density at radius 2 is 2.19 bits per heavy atom. The van der Waals surface area contributed by atoms with E-state index in [2.05, 4.69) is 20.9 Å². The van der Waals surface area contributed by atoms with Crippen LogP contribution in [-0.4, -0.2) is 58.5 Å². The van der Waals surface area contributed by atoms with Crippen LogP contribution in [0.1, 0.15) is 47.1 Å². The SMILES string of the molecule is CO[C@@H]1CC(c2ncc[nH]2)N(C(=O)c2cccc(CN3CCCC3)c2)C1. The molecule has 0 radical (unpaired) electrons. The molecular weight excluding hydrogens is 328 g/mol. The number of hydrogen-bond donors (Lipinski definition) is 1. The maximum absolute atomic E-state index is 13.2. The number of aromatic amines is 1. The summed E-state index contributed by atoms with van der Waals surface area (Å²) in [6.07, 6.45) is 6.89. The van der Waals surface area contributed by atoms with Crippen molar-refractivity contribution in [2.45, 2.75) is 38.0 Å². The normalized spacial score (nSPS) is 23.7. The van der Waals surface area contributed by atoms with Gasteiger partial charge < -0.3 is 14.6 Å². The molecular formula is C20H26N4O2. The molecule has 0 saturated carbocycles. The number of carbonyl (C=O) groups is 1. The lowest BCUT2D eigenvalue weighted by Gasteiger charge is -2.23. The van der Waals surface area contributed by atoms with Crippen molar-refractivity contribution in [2.24, 2.45) is 0 Å². The van der Waals surface area contributed by atoms with E-state index < -0.39 is 0 Å². The number of benzene rings is 1. The molecule has 1 N–H and O–H groups in total. The predicted molar refractivity (Wildman–Crippen MR) is 98.7 cm³/mol. The molecule has 0 spiro atoms. The number of likely N-dealkylation sites (tertiary alicyclic amines) is 2. The number of ether oxygens (including phenoxy) is 1. The van der Waals surface area contributed by atoms with E-state index in [1.54, 1.807) is 19.5 Å². The molecule has 2 fully saturated rings. The van der Waals surface area contributed by atoms with Crippen molar-refractivity contribution in [2.75, 3.05) is 26.7 Å². The van der Waals surface area contributed by atoms with Crippen LogP contribution in [0.4, 0.5) is 0 Å². The van der Waals surface area contributed by atoms with Gasteiger partial charge in [0.15, 0.2) is 0 Å². The third-order valence-electron chi connectivity index (χ3n) is 5.47. The van der Waals surface area contributed by atoms with Crippen LogP contribution in [0.15, 0.2) is 36.7 Å². The number of aromatic nitrogens is 2. The molecule has 1 aromatic carbocycles. The Labute approximate surface area is 154 Å². The lowest BCUT2D eigenvalue weighted by molar-refractivity contribution is 0.0684. The van der Waals surface area contributed by atoms with E-state index in [0.29, 0.717) is 6.54 Å². The van der Waals surface area contributed by atoms with Crippen LogP contribution in [0.3, 0.4) is 0 Å². The van der Waals surface area contributed by atoms with Gasteiger partial charge in [-0.2, -0.15) is 0 Å². The number of rotatable bonds is 5. The van der Waals surface area contributed by atoms with E-state index in [1.165, 1.54) is 18.4 Å². The first kappa shape index (κ1) is 17.2. The van der Waals surface area contributed by atoms with Gasteiger partial charge in [-0.1, -0.05) is 12.1 Å². The summed E-state index contributed by atoms with van der Waals surface area (Å²) >= 11 is 0. The Kier molecular flexibility index (Phi) is 5.04. The molecule has 1 amide bonds. The van der Waals surface area contributed by atoms with Crippen LogP contribution in [0.5, 0.6) is 0 Å². The minimum absolute atomic E-state index is 0.0434. The quantitative estimate of drug-likeness (QED) is 0.897. The second kappa shape index (κ2) is 7.60. The Hall–Kier alpha value is -2.18. The maximum atomic E-state index is 13.2. The highest BCUT2D eigenvalue weighted by atomic mass is 16.5. The lowest BCUT2D eigenvalue weighted by atomic mass is 10.1. The highest BCUT2D eigenvalue weighted by Crippen LogP contribution is 2.32. The van der Waals surface area contributed by atoms with E-state index >= 15 is 0 Å². The molecule has 2 saturated heterocycles. The molecule has 138 valence electrons. The fraction of sp³-hybridized carbons (Fsp3) is 0.500. The minimum Gasteiger partial charge on any atom is -0.380 e. The summed E-state index contributed by atoms with van der Waals surface area (Å²) in [4.78, 5) is 25.1. The largest absolute Gasteiger partial charge is 0.380 e. The Morgan fingerprint density at radius 1 is 1.35 bits per heavy atom. The van der Waals surface area contributed by atoms with Crippen molar-refractivity contribution >= 4 is 5.91 Å². The fourth-order valence-electron chi connectivity index (χ4n) is 4.08. The maximum Gasteiger partial charge on any atom is 0.254 e. The number of amides is 1. The van der Waals surface area contributed by atoms with Crippen LogP contribution >= 0.6 is 0 Å². The first-order chi connectivity index (χ1) is 12.7. The number of hydrogen-bond acceptors (Lipinski definition) is 4. The van der Waals surface area contributed by atoms with Crippen molar-refractivity contribution in [1.29, 1.82) is 0 Å². The van der Waals surface area contributed by atoms with Crippen molar-refractivity contribution in [3.63, 3.8) is 0 Å². The number of nitrogens with one attached hydrogen (secondary N) is 1. The van der Waals surface area contributed by atoms with Crippen LogP contribution in [0, 0.1) is 0 Å². The molecule has 0 aliphatic carbocycles. The van der Waals surface area contributed by atoms with Crippen LogP contribution in [-0.2, 0) is 11.3 Å². The van der Waals surface area contributed by atoms with Gasteiger partial charge in [0.05, 0.1) is 12.1 Å². The zero-order valence-electron chi connectivity index (χ0n) is 15.2. The number of carbonyl (C=O) groups excluding carboxylic acids is 1. The molecule has 2 aliphatic rings. The zero-order valence-corrected chi connectivity index (χ0v) is 15.2. The second-order valence-electron chi connectivity index (χ2n) is 7.22. The lowest BCUT2D eigenvalue weighted by Crippen LogP contribution is -2.32. The Morgan fingerprint density at radius 3 is 2.92 bits per heavy atom. The zero-order chi connectivity index (χ0) is 17.9. The average molecular weight is 354 g/mol. The van der Waals surface area contributed by atoms with Gasteiger partial charge in [-0.05, 0) is 43.6 Å². The first-order valence-electron chi connectivity index (χ1n) is 9.39. The molecule has 6 nitrogen and oxygen atoms in total. The van der Waals surface area contributed by atoms with E-state index in [-0.39, 0.29) is 18.1 Å². The van der Waals surface area contributed by atoms with Gasteiger partial charge in [0.2, 0.25) is 0 Å². The molecule has 26 heavy (non-hydrogen) atoms. The van der Waals surface area contributed by atoms with Gasteiger partial charge in [0, 0.05) is 44.6 Å². The van der Waals surface area contributed by atoms with E-state index in [4.69, 9.17) is 4.74 Å². The van der Waals surface area contributed by atoms with Crippen molar-refractivity contribution in [3.8, 4) is 0 Å². The Bertz CT molecular complexity index is 740. The molecule has 3 heterocycles. The minimum atomic E-state index is -0.0651. The number of nitrogens with zero attached hydrogens (tertiary/aromatic N) is 3. The fourth-order valence-corrected chi connectivity index (χ4v) is 4.08. The van der Waals surface area contributed by atoms with Crippen molar-refractivity contribution < 1.29 is 9.53 Å². The van der Waals surface area contributed by atoms with Crippen molar-refractivity contribution in [1.82, 2.24) is 19.8 Å². The summed E-state index contributed by atoms with van der Waals surface area (Å²) in [5, 5.41) is 0. The standard InChI is InChI=1S/C20H26N4O2/c1-26-17-12-18(19-21-7-8-22-19)24(14-17)20(25)16-6-4-5-15(11-16)13-23-9-2-3-10-23/h4-8,11,17-18H,2-3,9-10,12-14H2,1H3,(H,21,22)/t17-,18?/m1/s1. The van der Waals surface area contributed by atoms with Crippen LogP contribution in [0.25, 0.3) is 0 Å². The second-order valence-corrected chi connectivity index (χ2v) is 7.22. The highest BCUT2D eigenvalue weighted by molar-refractivity contribution is 5.94. The third kappa shape index (κ3) is 3.52.